The Morgan fingerprint density at radius 3 is 2.33 bits per heavy atom. The van der Waals surface area contributed by atoms with Crippen LogP contribution in [0.3, 0.4) is 0 Å². The van der Waals surface area contributed by atoms with E-state index in [1.54, 1.807) is 0 Å². The van der Waals surface area contributed by atoms with E-state index in [4.69, 9.17) is 14.2 Å². The van der Waals surface area contributed by atoms with Gasteiger partial charge in [0.05, 0.1) is 25.2 Å². The minimum absolute atomic E-state index is 0.0230. The van der Waals surface area contributed by atoms with Gasteiger partial charge >= 0.3 is 5.97 Å². The molecule has 1 aliphatic rings. The molecule has 0 bridgehead atoms. The zero-order valence-corrected chi connectivity index (χ0v) is 12.6. The summed E-state index contributed by atoms with van der Waals surface area (Å²) in [6, 6.07) is 0. The number of methoxy groups -OCH3 is 1. The Morgan fingerprint density at radius 2 is 1.89 bits per heavy atom. The number of rotatable bonds is 2. The van der Waals surface area contributed by atoms with Crippen LogP contribution in [0, 0.1) is 11.3 Å². The number of carbonyl (C=O) groups excluding carboxylic acids is 1. The van der Waals surface area contributed by atoms with Crippen LogP contribution in [-0.4, -0.2) is 31.1 Å². The molecule has 1 rings (SSSR count). The number of esters is 1. The van der Waals surface area contributed by atoms with Gasteiger partial charge in [-0.05, 0) is 26.2 Å². The van der Waals surface area contributed by atoms with E-state index in [1.165, 1.54) is 7.11 Å². The highest BCUT2D eigenvalue weighted by Crippen LogP contribution is 2.38. The van der Waals surface area contributed by atoms with Gasteiger partial charge in [0.25, 0.3) is 0 Å². The second-order valence-corrected chi connectivity index (χ2v) is 6.58. The van der Waals surface area contributed by atoms with Gasteiger partial charge < -0.3 is 14.2 Å². The SMILES string of the molecule is COC(=O)C(C)C1CC(C(C)(C)C)OC(C)(C)O1. The number of ether oxygens (including phenoxy) is 3. The lowest BCUT2D eigenvalue weighted by Gasteiger charge is -2.46. The minimum atomic E-state index is -0.664. The first-order chi connectivity index (χ1) is 8.07. The van der Waals surface area contributed by atoms with Crippen molar-refractivity contribution in [2.45, 2.75) is 66.0 Å². The maximum Gasteiger partial charge on any atom is 0.311 e. The van der Waals surface area contributed by atoms with Crippen molar-refractivity contribution in [2.75, 3.05) is 7.11 Å². The molecule has 3 atom stereocenters. The number of hydrogen-bond donors (Lipinski definition) is 0. The van der Waals surface area contributed by atoms with Crippen LogP contribution in [0.15, 0.2) is 0 Å². The second kappa shape index (κ2) is 5.17. The lowest BCUT2D eigenvalue weighted by molar-refractivity contribution is -0.320. The third-order valence-electron chi connectivity index (χ3n) is 3.40. The predicted molar refractivity (Wildman–Crippen MR) is 69.1 cm³/mol. The molecular weight excluding hydrogens is 232 g/mol. The molecule has 1 fully saturated rings. The standard InChI is InChI=1S/C14H26O4/c1-9(12(15)16-7)10-8-11(13(2,3)4)18-14(5,6)17-10/h9-11H,8H2,1-7H3. The summed E-state index contributed by atoms with van der Waals surface area (Å²) < 4.78 is 16.6. The molecule has 1 heterocycles. The fraction of sp³-hybridized carbons (Fsp3) is 0.929. The van der Waals surface area contributed by atoms with E-state index in [0.29, 0.717) is 6.42 Å². The Kier molecular flexibility index (Phi) is 4.44. The second-order valence-electron chi connectivity index (χ2n) is 6.58. The van der Waals surface area contributed by atoms with Crippen molar-refractivity contribution in [3.63, 3.8) is 0 Å². The first kappa shape index (κ1) is 15.4. The maximum atomic E-state index is 11.6. The van der Waals surface area contributed by atoms with Gasteiger partial charge in [-0.2, -0.15) is 0 Å². The molecule has 0 saturated carbocycles. The molecule has 0 aromatic rings. The first-order valence-electron chi connectivity index (χ1n) is 6.50. The zero-order chi connectivity index (χ0) is 14.1. The molecule has 0 amide bonds. The highest BCUT2D eigenvalue weighted by atomic mass is 16.7. The molecule has 3 unspecified atom stereocenters. The van der Waals surface area contributed by atoms with Gasteiger partial charge in [0.1, 0.15) is 0 Å². The van der Waals surface area contributed by atoms with Crippen LogP contribution in [0.2, 0.25) is 0 Å². The van der Waals surface area contributed by atoms with Crippen molar-refractivity contribution in [3.05, 3.63) is 0 Å². The van der Waals surface area contributed by atoms with Crippen molar-refractivity contribution in [1.29, 1.82) is 0 Å². The van der Waals surface area contributed by atoms with Gasteiger partial charge in [0, 0.05) is 6.42 Å². The Bertz CT molecular complexity index is 303. The summed E-state index contributed by atoms with van der Waals surface area (Å²) in [5.74, 6) is -1.17. The van der Waals surface area contributed by atoms with E-state index < -0.39 is 5.79 Å². The van der Waals surface area contributed by atoms with Crippen LogP contribution < -0.4 is 0 Å². The van der Waals surface area contributed by atoms with Crippen LogP contribution in [0.4, 0.5) is 0 Å². The molecule has 0 aromatic carbocycles. The predicted octanol–water partition coefficient (Wildman–Crippen LogP) is 2.75. The molecule has 4 nitrogen and oxygen atoms in total. The lowest BCUT2D eigenvalue weighted by atomic mass is 9.82. The maximum absolute atomic E-state index is 11.6. The molecule has 0 aliphatic carbocycles. The van der Waals surface area contributed by atoms with Gasteiger partial charge in [0.2, 0.25) is 0 Å². The summed E-state index contributed by atoms with van der Waals surface area (Å²) in [5.41, 5.74) is 0.0230. The van der Waals surface area contributed by atoms with Crippen LogP contribution in [0.1, 0.15) is 48.0 Å². The van der Waals surface area contributed by atoms with Crippen LogP contribution >= 0.6 is 0 Å². The third kappa shape index (κ3) is 3.69. The van der Waals surface area contributed by atoms with Crippen molar-refractivity contribution in [1.82, 2.24) is 0 Å². The van der Waals surface area contributed by atoms with Crippen LogP contribution in [0.5, 0.6) is 0 Å². The van der Waals surface area contributed by atoms with Crippen LogP contribution in [0.25, 0.3) is 0 Å². The molecule has 1 aliphatic heterocycles. The normalized spacial score (nSPS) is 29.7. The van der Waals surface area contributed by atoms with Gasteiger partial charge in [-0.3, -0.25) is 4.79 Å². The number of hydrogen-bond acceptors (Lipinski definition) is 4. The molecular formula is C14H26O4. The summed E-state index contributed by atoms with van der Waals surface area (Å²) in [7, 11) is 1.41. The average molecular weight is 258 g/mol. The summed E-state index contributed by atoms with van der Waals surface area (Å²) in [6.45, 7) is 12.0. The smallest absolute Gasteiger partial charge is 0.311 e. The monoisotopic (exact) mass is 258 g/mol. The molecule has 0 radical (unpaired) electrons. The molecule has 1 saturated heterocycles. The molecule has 0 spiro atoms. The average Bonchev–Trinajstić information content (AvgIpc) is 2.23. The van der Waals surface area contributed by atoms with Crippen molar-refractivity contribution in [3.8, 4) is 0 Å². The van der Waals surface area contributed by atoms with Crippen molar-refractivity contribution < 1.29 is 19.0 Å². The van der Waals surface area contributed by atoms with Crippen molar-refractivity contribution in [2.24, 2.45) is 11.3 Å². The Balaban J connectivity index is 2.84. The van der Waals surface area contributed by atoms with Gasteiger partial charge in [-0.1, -0.05) is 20.8 Å². The Labute approximate surface area is 110 Å². The molecule has 18 heavy (non-hydrogen) atoms. The van der Waals surface area contributed by atoms with E-state index >= 15 is 0 Å². The summed E-state index contributed by atoms with van der Waals surface area (Å²) in [4.78, 5) is 11.6. The van der Waals surface area contributed by atoms with Gasteiger partial charge in [0.15, 0.2) is 5.79 Å². The quantitative estimate of drug-likeness (QED) is 0.714. The summed E-state index contributed by atoms with van der Waals surface area (Å²) in [6.07, 6.45) is 0.618. The van der Waals surface area contributed by atoms with E-state index in [-0.39, 0.29) is 29.5 Å². The molecule has 0 aromatic heterocycles. The largest absolute Gasteiger partial charge is 0.469 e. The molecule has 4 heteroatoms. The fourth-order valence-corrected chi connectivity index (χ4v) is 2.22. The highest BCUT2D eigenvalue weighted by Gasteiger charge is 2.43. The zero-order valence-electron chi connectivity index (χ0n) is 12.6. The van der Waals surface area contributed by atoms with E-state index in [9.17, 15) is 4.79 Å². The number of carbonyl (C=O) groups is 1. The van der Waals surface area contributed by atoms with E-state index in [1.807, 2.05) is 20.8 Å². The van der Waals surface area contributed by atoms with E-state index in [2.05, 4.69) is 20.8 Å². The molecule has 0 N–H and O–H groups in total. The topological polar surface area (TPSA) is 44.8 Å². The van der Waals surface area contributed by atoms with Gasteiger partial charge in [-0.15, -0.1) is 0 Å². The molecule has 106 valence electrons. The van der Waals surface area contributed by atoms with Crippen LogP contribution in [-0.2, 0) is 19.0 Å². The minimum Gasteiger partial charge on any atom is -0.469 e. The summed E-state index contributed by atoms with van der Waals surface area (Å²) in [5, 5.41) is 0. The third-order valence-corrected chi connectivity index (χ3v) is 3.40. The first-order valence-corrected chi connectivity index (χ1v) is 6.50. The van der Waals surface area contributed by atoms with Crippen molar-refractivity contribution >= 4 is 5.97 Å². The Hall–Kier alpha value is -0.610. The highest BCUT2D eigenvalue weighted by molar-refractivity contribution is 5.72. The lowest BCUT2D eigenvalue weighted by Crippen LogP contribution is -2.51. The fourth-order valence-electron chi connectivity index (χ4n) is 2.22. The van der Waals surface area contributed by atoms with E-state index in [0.717, 1.165) is 0 Å². The summed E-state index contributed by atoms with van der Waals surface area (Å²) >= 11 is 0. The Morgan fingerprint density at radius 1 is 1.33 bits per heavy atom. The van der Waals surface area contributed by atoms with Gasteiger partial charge in [-0.25, -0.2) is 0 Å².